The van der Waals surface area contributed by atoms with Crippen LogP contribution in [0.3, 0.4) is 0 Å². The van der Waals surface area contributed by atoms with E-state index in [9.17, 15) is 19.2 Å². The Morgan fingerprint density at radius 1 is 0.317 bits per heavy atom. The number of aliphatic carboxylic acids is 4. The highest BCUT2D eigenvalue weighted by Crippen LogP contribution is 2.16. The van der Waals surface area contributed by atoms with Gasteiger partial charge < -0.3 is 20.4 Å². The first-order chi connectivity index (χ1) is 29.0. The highest BCUT2D eigenvalue weighted by Gasteiger charge is 2.00. The molecule has 0 spiro atoms. The van der Waals surface area contributed by atoms with Crippen molar-refractivity contribution in [1.29, 1.82) is 0 Å². The minimum Gasteiger partial charge on any atom is -0.481 e. The van der Waals surface area contributed by atoms with Crippen LogP contribution in [-0.2, 0) is 19.2 Å². The number of rotatable bonds is 45. The second-order valence-electron chi connectivity index (χ2n) is 17.8. The normalized spacial score (nSPS) is 11.0. The van der Waals surface area contributed by atoms with E-state index in [1.165, 1.54) is 180 Å². The first-order valence-electron chi connectivity index (χ1n) is 25.5. The number of allylic oxidation sites excluding steroid dienone is 2. The highest BCUT2D eigenvalue weighted by atomic mass is 16.4. The monoisotopic (exact) mass is 853 g/mol. The van der Waals surface area contributed by atoms with Crippen LogP contribution in [0.2, 0.25) is 0 Å². The number of carbonyl (C=O) groups is 4. The zero-order valence-electron chi connectivity index (χ0n) is 39.9. The van der Waals surface area contributed by atoms with Gasteiger partial charge in [-0.15, -0.1) is 0 Å². The largest absolute Gasteiger partial charge is 0.481 e. The van der Waals surface area contributed by atoms with Crippen molar-refractivity contribution >= 4 is 23.9 Å². The second kappa shape index (κ2) is 54.6. The number of unbranched alkanes of at least 4 members (excludes halogenated alkanes) is 33. The third-order valence-corrected chi connectivity index (χ3v) is 11.1. The lowest BCUT2D eigenvalue weighted by Gasteiger charge is -2.04. The molecule has 0 amide bonds. The minimum atomic E-state index is -0.687. The minimum absolute atomic E-state index is 0.307. The molecule has 0 atom stereocenters. The Kier molecular flexibility index (Phi) is 56.4. The van der Waals surface area contributed by atoms with E-state index in [0.29, 0.717) is 25.7 Å². The molecule has 0 aromatic rings. The molecule has 0 unspecified atom stereocenters. The molecular formula is C52H100O8. The van der Waals surface area contributed by atoms with Crippen LogP contribution in [0.4, 0.5) is 0 Å². The van der Waals surface area contributed by atoms with Gasteiger partial charge in [-0.3, -0.25) is 19.2 Å². The van der Waals surface area contributed by atoms with Crippen LogP contribution >= 0.6 is 0 Å². The van der Waals surface area contributed by atoms with Gasteiger partial charge in [-0.05, 0) is 57.3 Å². The maximum atomic E-state index is 10.3. The van der Waals surface area contributed by atoms with E-state index in [4.69, 9.17) is 20.4 Å². The van der Waals surface area contributed by atoms with Crippen LogP contribution in [0, 0.1) is 5.92 Å². The van der Waals surface area contributed by atoms with Crippen molar-refractivity contribution in [3.05, 3.63) is 12.2 Å². The first kappa shape index (κ1) is 61.9. The average Bonchev–Trinajstić information content (AvgIpc) is 3.19. The Morgan fingerprint density at radius 2 is 0.517 bits per heavy atom. The lowest BCUT2D eigenvalue weighted by Crippen LogP contribution is -1.93. The van der Waals surface area contributed by atoms with Crippen LogP contribution in [0.1, 0.15) is 290 Å². The van der Waals surface area contributed by atoms with E-state index in [-0.39, 0.29) is 0 Å². The Labute approximate surface area is 370 Å². The summed E-state index contributed by atoms with van der Waals surface area (Å²) >= 11 is 0. The highest BCUT2D eigenvalue weighted by molar-refractivity contribution is 5.67. The predicted molar refractivity (Wildman–Crippen MR) is 254 cm³/mol. The van der Waals surface area contributed by atoms with Crippen molar-refractivity contribution in [2.75, 3.05) is 0 Å². The molecule has 0 rings (SSSR count). The Morgan fingerprint density at radius 3 is 0.733 bits per heavy atom. The van der Waals surface area contributed by atoms with E-state index in [0.717, 1.165) is 70.1 Å². The zero-order valence-corrected chi connectivity index (χ0v) is 39.9. The fourth-order valence-corrected chi connectivity index (χ4v) is 7.26. The summed E-state index contributed by atoms with van der Waals surface area (Å²) in [5.41, 5.74) is 0. The van der Waals surface area contributed by atoms with Crippen molar-refractivity contribution in [3.8, 4) is 0 Å². The molecule has 0 heterocycles. The SMILES string of the molecule is CC(C)CCCCCCCCCCCCCCC(=O)O.CCCCCCCC/C=C/CCCCCCCC(=O)O.O=C(O)CCCCCCCCCCCCCCC(=O)O. The van der Waals surface area contributed by atoms with E-state index in [2.05, 4.69) is 32.9 Å². The predicted octanol–water partition coefficient (Wildman–Crippen LogP) is 16.9. The molecule has 0 saturated heterocycles. The number of carboxylic acids is 4. The van der Waals surface area contributed by atoms with Gasteiger partial charge in [-0.25, -0.2) is 0 Å². The van der Waals surface area contributed by atoms with Crippen LogP contribution in [0.15, 0.2) is 12.2 Å². The molecule has 0 aliphatic carbocycles. The average molecular weight is 853 g/mol. The summed E-state index contributed by atoms with van der Waals surface area (Å²) in [4.78, 5) is 41.3. The summed E-state index contributed by atoms with van der Waals surface area (Å²) in [5, 5.41) is 34.0. The van der Waals surface area contributed by atoms with Crippen LogP contribution in [0.25, 0.3) is 0 Å². The van der Waals surface area contributed by atoms with Gasteiger partial charge >= 0.3 is 23.9 Å². The van der Waals surface area contributed by atoms with Crippen molar-refractivity contribution < 1.29 is 39.6 Å². The van der Waals surface area contributed by atoms with Gasteiger partial charge in [0, 0.05) is 25.7 Å². The molecule has 0 aliphatic heterocycles. The summed E-state index contributed by atoms with van der Waals surface area (Å²) in [6.07, 6.45) is 52.7. The second-order valence-corrected chi connectivity index (χ2v) is 17.8. The van der Waals surface area contributed by atoms with Gasteiger partial charge in [0.1, 0.15) is 0 Å². The first-order valence-corrected chi connectivity index (χ1v) is 25.5. The standard InChI is InChI=1S/C18H36O2.C18H34O2.C16H30O4/c1-17(2)15-13-11-9-7-5-3-4-6-8-10-12-14-16-18(19)20;1-2-3-4-5-6-7-8-9-10-11-12-13-14-15-16-17-18(19)20;17-15(18)13-11-9-7-5-3-1-2-4-6-8-10-12-14-16(19)20/h17H,3-16H2,1-2H3,(H,19,20);9-10H,2-8,11-17H2,1H3,(H,19,20);1-14H2,(H,17,18)(H,19,20)/b;10-9+;. The van der Waals surface area contributed by atoms with E-state index >= 15 is 0 Å². The lowest BCUT2D eigenvalue weighted by atomic mass is 10.0. The van der Waals surface area contributed by atoms with Crippen LogP contribution < -0.4 is 0 Å². The van der Waals surface area contributed by atoms with Crippen molar-refractivity contribution in [2.45, 2.75) is 290 Å². The summed E-state index contributed by atoms with van der Waals surface area (Å²) in [5.74, 6) is -1.83. The lowest BCUT2D eigenvalue weighted by molar-refractivity contribution is -0.138. The zero-order chi connectivity index (χ0) is 45.0. The van der Waals surface area contributed by atoms with Gasteiger partial charge in [0.05, 0.1) is 0 Å². The molecule has 356 valence electrons. The van der Waals surface area contributed by atoms with Crippen molar-refractivity contribution in [2.24, 2.45) is 5.92 Å². The Balaban J connectivity index is -0.000000812. The van der Waals surface area contributed by atoms with Crippen LogP contribution in [-0.4, -0.2) is 44.3 Å². The number of hydrogen-bond donors (Lipinski definition) is 4. The summed E-state index contributed by atoms with van der Waals surface area (Å²) < 4.78 is 0. The van der Waals surface area contributed by atoms with Gasteiger partial charge in [0.15, 0.2) is 0 Å². The molecule has 0 fully saturated rings. The van der Waals surface area contributed by atoms with E-state index < -0.39 is 23.9 Å². The third kappa shape index (κ3) is 70.2. The molecule has 8 nitrogen and oxygen atoms in total. The maximum Gasteiger partial charge on any atom is 0.303 e. The topological polar surface area (TPSA) is 149 Å². The van der Waals surface area contributed by atoms with Crippen molar-refractivity contribution in [1.82, 2.24) is 0 Å². The summed E-state index contributed by atoms with van der Waals surface area (Å²) in [6, 6.07) is 0. The smallest absolute Gasteiger partial charge is 0.303 e. The molecule has 60 heavy (non-hydrogen) atoms. The molecule has 0 saturated carbocycles. The number of carboxylic acid groups (broad SMARTS) is 4. The molecule has 4 N–H and O–H groups in total. The maximum absolute atomic E-state index is 10.3. The summed E-state index contributed by atoms with van der Waals surface area (Å²) in [7, 11) is 0. The molecule has 0 radical (unpaired) electrons. The molecule has 0 aliphatic rings. The quantitative estimate of drug-likeness (QED) is 0.0349. The fourth-order valence-electron chi connectivity index (χ4n) is 7.26. The fraction of sp³-hybridized carbons (Fsp3) is 0.885. The summed E-state index contributed by atoms with van der Waals surface area (Å²) in [6.45, 7) is 6.87. The van der Waals surface area contributed by atoms with Gasteiger partial charge in [0.25, 0.3) is 0 Å². The van der Waals surface area contributed by atoms with E-state index in [1.807, 2.05) is 0 Å². The number of hydrogen-bond acceptors (Lipinski definition) is 4. The Bertz CT molecular complexity index is 905. The van der Waals surface area contributed by atoms with Gasteiger partial charge in [0.2, 0.25) is 0 Å². The third-order valence-electron chi connectivity index (χ3n) is 11.1. The van der Waals surface area contributed by atoms with Gasteiger partial charge in [-0.1, -0.05) is 226 Å². The molecule has 8 heteroatoms. The van der Waals surface area contributed by atoms with Gasteiger partial charge in [-0.2, -0.15) is 0 Å². The van der Waals surface area contributed by atoms with Crippen molar-refractivity contribution in [3.63, 3.8) is 0 Å². The molecular weight excluding hydrogens is 753 g/mol. The molecule has 0 aromatic carbocycles. The van der Waals surface area contributed by atoms with Crippen LogP contribution in [0.5, 0.6) is 0 Å². The molecule has 0 bridgehead atoms. The molecule has 0 aromatic heterocycles. The Hall–Kier alpha value is -2.38. The van der Waals surface area contributed by atoms with E-state index in [1.54, 1.807) is 0 Å².